The molecule has 0 aliphatic rings. The van der Waals surface area contributed by atoms with Crippen LogP contribution in [0.5, 0.6) is 5.75 Å². The van der Waals surface area contributed by atoms with E-state index < -0.39 is 0 Å². The molecular formula is C14H23ClN2O3. The smallest absolute Gasteiger partial charge is 0.224 e. The van der Waals surface area contributed by atoms with E-state index in [1.165, 1.54) is 0 Å². The van der Waals surface area contributed by atoms with Crippen LogP contribution in [0.4, 0.5) is 0 Å². The summed E-state index contributed by atoms with van der Waals surface area (Å²) < 4.78 is 9.97. The first-order chi connectivity index (χ1) is 9.26. The Bertz CT molecular complexity index is 371. The van der Waals surface area contributed by atoms with Crippen molar-refractivity contribution in [1.82, 2.24) is 10.6 Å². The number of carbonyl (C=O) groups excluding carboxylic acids is 1. The topological polar surface area (TPSA) is 59.6 Å². The van der Waals surface area contributed by atoms with Crippen LogP contribution in [0.15, 0.2) is 24.3 Å². The minimum Gasteiger partial charge on any atom is -0.497 e. The van der Waals surface area contributed by atoms with Gasteiger partial charge in [-0.25, -0.2) is 0 Å². The van der Waals surface area contributed by atoms with Gasteiger partial charge in [0.05, 0.1) is 20.1 Å². The highest BCUT2D eigenvalue weighted by Crippen LogP contribution is 2.11. The number of carbonyl (C=O) groups is 1. The molecule has 0 heterocycles. The van der Waals surface area contributed by atoms with Gasteiger partial charge in [-0.3, -0.25) is 4.79 Å². The molecular weight excluding hydrogens is 280 g/mol. The van der Waals surface area contributed by atoms with Crippen molar-refractivity contribution in [3.63, 3.8) is 0 Å². The van der Waals surface area contributed by atoms with Gasteiger partial charge in [0.15, 0.2) is 0 Å². The van der Waals surface area contributed by atoms with E-state index in [0.29, 0.717) is 19.6 Å². The molecule has 1 aromatic rings. The zero-order chi connectivity index (χ0) is 13.9. The molecule has 0 fully saturated rings. The summed E-state index contributed by atoms with van der Waals surface area (Å²) in [6, 6.07) is 7.51. The molecule has 1 aromatic carbocycles. The highest BCUT2D eigenvalue weighted by molar-refractivity contribution is 5.85. The molecule has 0 radical (unpaired) electrons. The van der Waals surface area contributed by atoms with Crippen molar-refractivity contribution < 1.29 is 14.3 Å². The Morgan fingerprint density at radius 3 is 2.40 bits per heavy atom. The van der Waals surface area contributed by atoms with Gasteiger partial charge < -0.3 is 20.1 Å². The Labute approximate surface area is 126 Å². The Morgan fingerprint density at radius 2 is 1.80 bits per heavy atom. The van der Waals surface area contributed by atoms with E-state index in [2.05, 4.69) is 10.6 Å². The Kier molecular flexibility index (Phi) is 10.8. The third-order valence-corrected chi connectivity index (χ3v) is 2.63. The molecule has 0 aliphatic carbocycles. The van der Waals surface area contributed by atoms with Crippen LogP contribution >= 0.6 is 12.4 Å². The summed E-state index contributed by atoms with van der Waals surface area (Å²) in [5, 5.41) is 6.03. The second kappa shape index (κ2) is 11.5. The van der Waals surface area contributed by atoms with Gasteiger partial charge in [-0.15, -0.1) is 12.4 Å². The molecule has 0 atom stereocenters. The normalized spacial score (nSPS) is 9.70. The number of rotatable bonds is 9. The minimum absolute atomic E-state index is 0. The maximum absolute atomic E-state index is 11.7. The third kappa shape index (κ3) is 7.99. The first-order valence-electron chi connectivity index (χ1n) is 6.35. The maximum Gasteiger partial charge on any atom is 0.224 e. The number of amides is 1. The average molecular weight is 303 g/mol. The van der Waals surface area contributed by atoms with Crippen molar-refractivity contribution in [3.8, 4) is 5.75 Å². The summed E-state index contributed by atoms with van der Waals surface area (Å²) in [7, 11) is 3.29. The summed E-state index contributed by atoms with van der Waals surface area (Å²) in [5.74, 6) is 0.824. The summed E-state index contributed by atoms with van der Waals surface area (Å²) >= 11 is 0. The fraction of sp³-hybridized carbons (Fsp3) is 0.500. The number of nitrogens with one attached hydrogen (secondary N) is 2. The lowest BCUT2D eigenvalue weighted by atomic mass is 10.1. The van der Waals surface area contributed by atoms with Crippen molar-refractivity contribution in [3.05, 3.63) is 29.8 Å². The van der Waals surface area contributed by atoms with Gasteiger partial charge in [0, 0.05) is 26.7 Å². The van der Waals surface area contributed by atoms with Crippen LogP contribution in [0, 0.1) is 0 Å². The second-order valence-corrected chi connectivity index (χ2v) is 4.12. The molecule has 114 valence electrons. The van der Waals surface area contributed by atoms with Crippen LogP contribution in [0.1, 0.15) is 5.56 Å². The molecule has 1 rings (SSSR count). The van der Waals surface area contributed by atoms with Gasteiger partial charge in [-0.05, 0) is 17.7 Å². The van der Waals surface area contributed by atoms with Crippen LogP contribution < -0.4 is 15.4 Å². The van der Waals surface area contributed by atoms with E-state index in [9.17, 15) is 4.79 Å². The predicted molar refractivity (Wildman–Crippen MR) is 81.7 cm³/mol. The number of hydrogen-bond acceptors (Lipinski definition) is 4. The van der Waals surface area contributed by atoms with Gasteiger partial charge >= 0.3 is 0 Å². The lowest BCUT2D eigenvalue weighted by molar-refractivity contribution is -0.120. The molecule has 2 N–H and O–H groups in total. The van der Waals surface area contributed by atoms with E-state index in [4.69, 9.17) is 9.47 Å². The molecule has 0 bridgehead atoms. The number of benzene rings is 1. The fourth-order valence-corrected chi connectivity index (χ4v) is 1.58. The zero-order valence-corrected chi connectivity index (χ0v) is 12.8. The van der Waals surface area contributed by atoms with Gasteiger partial charge in [0.1, 0.15) is 5.75 Å². The maximum atomic E-state index is 11.7. The van der Waals surface area contributed by atoms with E-state index in [1.54, 1.807) is 14.2 Å². The third-order valence-electron chi connectivity index (χ3n) is 2.63. The van der Waals surface area contributed by atoms with Crippen LogP contribution in [-0.2, 0) is 16.0 Å². The van der Waals surface area contributed by atoms with Crippen LogP contribution in [0.2, 0.25) is 0 Å². The molecule has 20 heavy (non-hydrogen) atoms. The summed E-state index contributed by atoms with van der Waals surface area (Å²) in [6.45, 7) is 2.85. The molecule has 1 amide bonds. The lowest BCUT2D eigenvalue weighted by Gasteiger charge is -2.07. The molecule has 0 spiro atoms. The first kappa shape index (κ1) is 18.7. The summed E-state index contributed by atoms with van der Waals surface area (Å²) in [5.41, 5.74) is 0.977. The average Bonchev–Trinajstić information content (AvgIpc) is 2.43. The van der Waals surface area contributed by atoms with Crippen molar-refractivity contribution in [2.45, 2.75) is 6.42 Å². The van der Waals surface area contributed by atoms with Crippen LogP contribution in [0.25, 0.3) is 0 Å². The van der Waals surface area contributed by atoms with E-state index in [0.717, 1.165) is 24.4 Å². The fourth-order valence-electron chi connectivity index (χ4n) is 1.58. The molecule has 6 heteroatoms. The monoisotopic (exact) mass is 302 g/mol. The van der Waals surface area contributed by atoms with E-state index >= 15 is 0 Å². The number of methoxy groups -OCH3 is 2. The molecule has 0 aromatic heterocycles. The predicted octanol–water partition coefficient (Wildman–Crippen LogP) is 1.01. The van der Waals surface area contributed by atoms with E-state index in [-0.39, 0.29) is 18.3 Å². The summed E-state index contributed by atoms with van der Waals surface area (Å²) in [6.07, 6.45) is 0.391. The van der Waals surface area contributed by atoms with Gasteiger partial charge in [0.2, 0.25) is 5.91 Å². The highest BCUT2D eigenvalue weighted by atomic mass is 35.5. The lowest BCUT2D eigenvalue weighted by Crippen LogP contribution is -2.33. The zero-order valence-electron chi connectivity index (χ0n) is 12.0. The number of halogens is 1. The van der Waals surface area contributed by atoms with Gasteiger partial charge in [0.25, 0.3) is 0 Å². The molecule has 0 aliphatic heterocycles. The van der Waals surface area contributed by atoms with Crippen molar-refractivity contribution in [1.29, 1.82) is 0 Å². The Balaban J connectivity index is 0.00000361. The summed E-state index contributed by atoms with van der Waals surface area (Å²) in [4.78, 5) is 11.7. The first-order valence-corrected chi connectivity index (χ1v) is 6.35. The molecule has 0 saturated heterocycles. The number of hydrogen-bond donors (Lipinski definition) is 2. The quantitative estimate of drug-likeness (QED) is 0.669. The number of ether oxygens (including phenoxy) is 2. The van der Waals surface area contributed by atoms with Crippen LogP contribution in [0.3, 0.4) is 0 Å². The van der Waals surface area contributed by atoms with Gasteiger partial charge in [-0.1, -0.05) is 12.1 Å². The van der Waals surface area contributed by atoms with Crippen LogP contribution in [-0.4, -0.2) is 46.4 Å². The molecule has 0 unspecified atom stereocenters. The van der Waals surface area contributed by atoms with Gasteiger partial charge in [-0.2, -0.15) is 0 Å². The standard InChI is InChI=1S/C14H22N2O3.ClH/c1-18-10-9-15-7-8-16-14(17)11-12-3-5-13(19-2)6-4-12;/h3-6,15H,7-11H2,1-2H3,(H,16,17);1H. The highest BCUT2D eigenvalue weighted by Gasteiger charge is 2.02. The minimum atomic E-state index is 0. The Morgan fingerprint density at radius 1 is 1.10 bits per heavy atom. The SMILES string of the molecule is COCCNCCNC(=O)Cc1ccc(OC)cc1.Cl. The second-order valence-electron chi connectivity index (χ2n) is 4.12. The van der Waals surface area contributed by atoms with Crippen molar-refractivity contribution in [2.24, 2.45) is 0 Å². The molecule has 0 saturated carbocycles. The van der Waals surface area contributed by atoms with Crippen molar-refractivity contribution >= 4 is 18.3 Å². The van der Waals surface area contributed by atoms with Crippen molar-refractivity contribution in [2.75, 3.05) is 40.5 Å². The Hall–Kier alpha value is -1.30. The van der Waals surface area contributed by atoms with E-state index in [1.807, 2.05) is 24.3 Å². The largest absolute Gasteiger partial charge is 0.497 e. The molecule has 5 nitrogen and oxygen atoms in total.